The van der Waals surface area contributed by atoms with Crippen LogP contribution < -0.4 is 0 Å². The van der Waals surface area contributed by atoms with Crippen molar-refractivity contribution in [1.29, 1.82) is 0 Å². The first-order valence-corrected chi connectivity index (χ1v) is 11.2. The minimum Gasteiger partial charge on any atom is -0.297 e. The standard InChI is InChI=1S/C20H23N5O2S/c26-28(27,18-8-2-1-3-9-18)25-15-16-7-6-12-23(16)13-17(25)14-24-20-11-5-4-10-19(20)21-22-24/h1-5,8-11,16-17H,6-7,12-15H2. The first-order valence-electron chi connectivity index (χ1n) is 9.72. The highest BCUT2D eigenvalue weighted by atomic mass is 32.2. The molecule has 0 spiro atoms. The van der Waals surface area contributed by atoms with Crippen LogP contribution in [-0.2, 0) is 16.6 Å². The zero-order valence-corrected chi connectivity index (χ0v) is 16.4. The number of hydrogen-bond donors (Lipinski definition) is 0. The lowest BCUT2D eigenvalue weighted by Crippen LogP contribution is -2.58. The normalized spacial score (nSPS) is 23.9. The molecule has 3 aromatic rings. The van der Waals surface area contributed by atoms with Gasteiger partial charge in [-0.05, 0) is 43.7 Å². The van der Waals surface area contributed by atoms with Gasteiger partial charge in [-0.15, -0.1) is 5.10 Å². The van der Waals surface area contributed by atoms with Crippen molar-refractivity contribution in [2.24, 2.45) is 0 Å². The molecule has 2 aromatic carbocycles. The van der Waals surface area contributed by atoms with Crippen molar-refractivity contribution < 1.29 is 8.42 Å². The van der Waals surface area contributed by atoms with E-state index in [1.807, 2.05) is 35.0 Å². The van der Waals surface area contributed by atoms with E-state index in [0.29, 0.717) is 24.0 Å². The summed E-state index contributed by atoms with van der Waals surface area (Å²) in [5.74, 6) is 0. The minimum atomic E-state index is -3.56. The molecule has 2 fully saturated rings. The summed E-state index contributed by atoms with van der Waals surface area (Å²) >= 11 is 0. The van der Waals surface area contributed by atoms with E-state index in [9.17, 15) is 8.42 Å². The number of para-hydroxylation sites is 1. The molecule has 0 radical (unpaired) electrons. The summed E-state index contributed by atoms with van der Waals surface area (Å²) < 4.78 is 30.4. The van der Waals surface area contributed by atoms with Crippen LogP contribution in [0.3, 0.4) is 0 Å². The minimum absolute atomic E-state index is 0.176. The fraction of sp³-hybridized carbons (Fsp3) is 0.400. The number of sulfonamides is 1. The lowest BCUT2D eigenvalue weighted by molar-refractivity contribution is 0.0978. The van der Waals surface area contributed by atoms with Gasteiger partial charge in [-0.1, -0.05) is 35.5 Å². The Morgan fingerprint density at radius 2 is 1.79 bits per heavy atom. The van der Waals surface area contributed by atoms with Gasteiger partial charge in [-0.2, -0.15) is 4.31 Å². The average Bonchev–Trinajstić information content (AvgIpc) is 3.35. The van der Waals surface area contributed by atoms with E-state index in [1.54, 1.807) is 28.6 Å². The second-order valence-corrected chi connectivity index (χ2v) is 9.48. The Hall–Kier alpha value is -2.29. The maximum absolute atomic E-state index is 13.4. The van der Waals surface area contributed by atoms with Crippen molar-refractivity contribution in [3.63, 3.8) is 0 Å². The summed E-state index contributed by atoms with van der Waals surface area (Å²) in [6.07, 6.45) is 2.18. The van der Waals surface area contributed by atoms with E-state index in [-0.39, 0.29) is 6.04 Å². The molecule has 0 saturated carbocycles. The lowest BCUT2D eigenvalue weighted by atomic mass is 10.1. The average molecular weight is 398 g/mol. The summed E-state index contributed by atoms with van der Waals surface area (Å²) in [5, 5.41) is 8.52. The molecule has 2 saturated heterocycles. The van der Waals surface area contributed by atoms with Gasteiger partial charge in [0.2, 0.25) is 10.0 Å². The van der Waals surface area contributed by atoms with Crippen LogP contribution >= 0.6 is 0 Å². The van der Waals surface area contributed by atoms with E-state index >= 15 is 0 Å². The van der Waals surface area contributed by atoms with Gasteiger partial charge in [0.1, 0.15) is 5.52 Å². The van der Waals surface area contributed by atoms with Gasteiger partial charge < -0.3 is 0 Å². The quantitative estimate of drug-likeness (QED) is 0.673. The van der Waals surface area contributed by atoms with Crippen LogP contribution in [0.25, 0.3) is 11.0 Å². The molecule has 2 aliphatic rings. The van der Waals surface area contributed by atoms with Crippen molar-refractivity contribution in [3.8, 4) is 0 Å². The van der Waals surface area contributed by atoms with Crippen LogP contribution in [-0.4, -0.2) is 64.3 Å². The molecule has 0 amide bonds. The Morgan fingerprint density at radius 1 is 1.00 bits per heavy atom. The van der Waals surface area contributed by atoms with Crippen LogP contribution in [0.5, 0.6) is 0 Å². The van der Waals surface area contributed by atoms with Gasteiger partial charge in [0.25, 0.3) is 0 Å². The number of hydrogen-bond acceptors (Lipinski definition) is 5. The topological polar surface area (TPSA) is 71.3 Å². The second kappa shape index (κ2) is 6.95. The van der Waals surface area contributed by atoms with Gasteiger partial charge in [0.05, 0.1) is 23.0 Å². The van der Waals surface area contributed by atoms with Crippen molar-refractivity contribution in [3.05, 3.63) is 54.6 Å². The van der Waals surface area contributed by atoms with Gasteiger partial charge in [0, 0.05) is 19.1 Å². The third kappa shape index (κ3) is 3.01. The Kier molecular flexibility index (Phi) is 4.41. The van der Waals surface area contributed by atoms with Crippen LogP contribution in [0.15, 0.2) is 59.5 Å². The molecule has 8 heteroatoms. The molecule has 2 unspecified atom stereocenters. The number of benzene rings is 2. The molecule has 0 bridgehead atoms. The number of aromatic nitrogens is 3. The molecule has 1 aromatic heterocycles. The lowest BCUT2D eigenvalue weighted by Gasteiger charge is -2.42. The predicted molar refractivity (Wildman–Crippen MR) is 106 cm³/mol. The maximum atomic E-state index is 13.4. The Morgan fingerprint density at radius 3 is 2.64 bits per heavy atom. The monoisotopic (exact) mass is 397 g/mol. The van der Waals surface area contributed by atoms with Crippen molar-refractivity contribution >= 4 is 21.1 Å². The molecule has 146 valence electrons. The molecular formula is C20H23N5O2S. The largest absolute Gasteiger partial charge is 0.297 e. The van der Waals surface area contributed by atoms with Crippen molar-refractivity contribution in [2.75, 3.05) is 19.6 Å². The van der Waals surface area contributed by atoms with E-state index < -0.39 is 10.0 Å². The molecule has 5 rings (SSSR count). The maximum Gasteiger partial charge on any atom is 0.243 e. The predicted octanol–water partition coefficient (Wildman–Crippen LogP) is 1.97. The summed E-state index contributed by atoms with van der Waals surface area (Å²) in [4.78, 5) is 2.79. The first kappa shape index (κ1) is 17.8. The fourth-order valence-electron chi connectivity index (χ4n) is 4.48. The second-order valence-electron chi connectivity index (χ2n) is 7.59. The van der Waals surface area contributed by atoms with E-state index in [2.05, 4.69) is 15.2 Å². The highest BCUT2D eigenvalue weighted by molar-refractivity contribution is 7.89. The summed E-state index contributed by atoms with van der Waals surface area (Å²) in [5.41, 5.74) is 1.76. The SMILES string of the molecule is O=S(=O)(c1ccccc1)N1CC2CCCN2CC1Cn1nnc2ccccc21. The van der Waals surface area contributed by atoms with Crippen molar-refractivity contribution in [1.82, 2.24) is 24.2 Å². The van der Waals surface area contributed by atoms with Gasteiger partial charge in [0.15, 0.2) is 0 Å². The Bertz CT molecular complexity index is 1080. The van der Waals surface area contributed by atoms with Crippen LogP contribution in [0.2, 0.25) is 0 Å². The van der Waals surface area contributed by atoms with Gasteiger partial charge >= 0.3 is 0 Å². The molecule has 2 atom stereocenters. The Balaban J connectivity index is 1.51. The van der Waals surface area contributed by atoms with E-state index in [1.165, 1.54) is 0 Å². The van der Waals surface area contributed by atoms with Crippen LogP contribution in [0, 0.1) is 0 Å². The number of piperazine rings is 1. The molecule has 2 aliphatic heterocycles. The molecule has 7 nitrogen and oxygen atoms in total. The highest BCUT2D eigenvalue weighted by Gasteiger charge is 2.42. The number of nitrogens with zero attached hydrogens (tertiary/aromatic N) is 5. The van der Waals surface area contributed by atoms with Gasteiger partial charge in [-0.25, -0.2) is 13.1 Å². The summed E-state index contributed by atoms with van der Waals surface area (Å²) in [6.45, 7) is 2.80. The Labute approximate surface area is 164 Å². The summed E-state index contributed by atoms with van der Waals surface area (Å²) in [6, 6.07) is 16.7. The van der Waals surface area contributed by atoms with Crippen LogP contribution in [0.4, 0.5) is 0 Å². The third-order valence-electron chi connectivity index (χ3n) is 5.90. The highest BCUT2D eigenvalue weighted by Crippen LogP contribution is 2.30. The molecule has 0 aliphatic carbocycles. The number of fused-ring (bicyclic) bond motifs is 2. The summed E-state index contributed by atoms with van der Waals surface area (Å²) in [7, 11) is -3.56. The molecule has 28 heavy (non-hydrogen) atoms. The molecule has 0 N–H and O–H groups in total. The van der Waals surface area contributed by atoms with Crippen molar-refractivity contribution in [2.45, 2.75) is 36.4 Å². The molecular weight excluding hydrogens is 374 g/mol. The third-order valence-corrected chi connectivity index (χ3v) is 7.83. The van der Waals surface area contributed by atoms with Crippen LogP contribution in [0.1, 0.15) is 12.8 Å². The number of rotatable bonds is 4. The molecule has 3 heterocycles. The van der Waals surface area contributed by atoms with Gasteiger partial charge in [-0.3, -0.25) is 4.90 Å². The fourth-order valence-corrected chi connectivity index (χ4v) is 6.15. The zero-order valence-electron chi connectivity index (χ0n) is 15.6. The van der Waals surface area contributed by atoms with E-state index in [0.717, 1.165) is 37.0 Å². The zero-order chi connectivity index (χ0) is 19.1. The smallest absolute Gasteiger partial charge is 0.243 e. The van der Waals surface area contributed by atoms with E-state index in [4.69, 9.17) is 0 Å². The first-order chi connectivity index (χ1) is 13.6.